The number of ether oxygens (including phenoxy) is 1. The van der Waals surface area contributed by atoms with E-state index >= 15 is 0 Å². The van der Waals surface area contributed by atoms with Crippen molar-refractivity contribution in [3.8, 4) is 0 Å². The molecule has 1 unspecified atom stereocenters. The van der Waals surface area contributed by atoms with E-state index in [9.17, 15) is 9.90 Å². The van der Waals surface area contributed by atoms with Gasteiger partial charge in [0.05, 0.1) is 6.10 Å². The number of amides is 1. The van der Waals surface area contributed by atoms with Gasteiger partial charge in [-0.25, -0.2) is 0 Å². The lowest BCUT2D eigenvalue weighted by molar-refractivity contribution is -0.142. The molecule has 0 aromatic heterocycles. The van der Waals surface area contributed by atoms with Crippen LogP contribution < -0.4 is 0 Å². The molecule has 2 saturated carbocycles. The fourth-order valence-corrected chi connectivity index (χ4v) is 5.87. The van der Waals surface area contributed by atoms with Crippen LogP contribution in [0.15, 0.2) is 0 Å². The number of hydrogen-bond acceptors (Lipinski definition) is 4. The largest absolute Gasteiger partial charge is 0.396 e. The van der Waals surface area contributed by atoms with Crippen LogP contribution >= 0.6 is 11.8 Å². The van der Waals surface area contributed by atoms with Crippen molar-refractivity contribution in [2.45, 2.75) is 88.0 Å². The summed E-state index contributed by atoms with van der Waals surface area (Å²) in [6.45, 7) is 1.47. The molecule has 1 N–H and O–H groups in total. The highest BCUT2D eigenvalue weighted by atomic mass is 32.2. The molecule has 3 rings (SSSR count). The molecule has 0 aromatic carbocycles. The number of carbonyl (C=O) groups is 1. The first-order valence-electron chi connectivity index (χ1n) is 10.4. The summed E-state index contributed by atoms with van der Waals surface area (Å²) >= 11 is 2.04. The van der Waals surface area contributed by atoms with Crippen molar-refractivity contribution in [2.24, 2.45) is 5.92 Å². The second-order valence-electron chi connectivity index (χ2n) is 8.11. The van der Waals surface area contributed by atoms with Gasteiger partial charge in [-0.15, -0.1) is 0 Å². The molecule has 0 bridgehead atoms. The average molecular weight is 370 g/mol. The summed E-state index contributed by atoms with van der Waals surface area (Å²) in [7, 11) is 0. The Hall–Kier alpha value is -0.260. The lowest BCUT2D eigenvalue weighted by atomic mass is 9.88. The molecular weight excluding hydrogens is 334 g/mol. The molecule has 1 aliphatic heterocycles. The van der Waals surface area contributed by atoms with Crippen LogP contribution in [0.4, 0.5) is 0 Å². The van der Waals surface area contributed by atoms with Gasteiger partial charge in [-0.2, -0.15) is 11.8 Å². The lowest BCUT2D eigenvalue weighted by Crippen LogP contribution is -2.46. The molecule has 1 heterocycles. The SMILES string of the molecule is O=C(COC1CCC(CO)CC1)N(CC1CCCS1)C1CCCCC1. The predicted molar refractivity (Wildman–Crippen MR) is 103 cm³/mol. The predicted octanol–water partition coefficient (Wildman–Crippen LogP) is 3.61. The molecule has 144 valence electrons. The first kappa shape index (κ1) is 19.5. The van der Waals surface area contributed by atoms with Gasteiger partial charge in [0.1, 0.15) is 6.61 Å². The van der Waals surface area contributed by atoms with Gasteiger partial charge in [0.25, 0.3) is 0 Å². The average Bonchev–Trinajstić information content (AvgIpc) is 3.18. The van der Waals surface area contributed by atoms with Crippen LogP contribution in [-0.4, -0.2) is 58.8 Å². The van der Waals surface area contributed by atoms with Crippen molar-refractivity contribution in [3.63, 3.8) is 0 Å². The Morgan fingerprint density at radius 2 is 1.76 bits per heavy atom. The molecule has 5 heteroatoms. The summed E-state index contributed by atoms with van der Waals surface area (Å²) in [5.41, 5.74) is 0. The second kappa shape index (κ2) is 10.2. The fourth-order valence-electron chi connectivity index (χ4n) is 4.61. The lowest BCUT2D eigenvalue weighted by Gasteiger charge is -2.36. The Balaban J connectivity index is 1.49. The van der Waals surface area contributed by atoms with E-state index < -0.39 is 0 Å². The maximum Gasteiger partial charge on any atom is 0.248 e. The van der Waals surface area contributed by atoms with Gasteiger partial charge in [0.2, 0.25) is 5.91 Å². The van der Waals surface area contributed by atoms with Crippen molar-refractivity contribution in [1.82, 2.24) is 4.90 Å². The number of aliphatic hydroxyl groups excluding tert-OH is 1. The topological polar surface area (TPSA) is 49.8 Å². The number of thioether (sulfide) groups is 1. The minimum Gasteiger partial charge on any atom is -0.396 e. The third kappa shape index (κ3) is 5.86. The van der Waals surface area contributed by atoms with Gasteiger partial charge in [-0.3, -0.25) is 4.79 Å². The zero-order chi connectivity index (χ0) is 17.5. The Morgan fingerprint density at radius 3 is 2.40 bits per heavy atom. The molecule has 3 fully saturated rings. The Kier molecular flexibility index (Phi) is 7.93. The minimum absolute atomic E-state index is 0.209. The summed E-state index contributed by atoms with van der Waals surface area (Å²) in [5, 5.41) is 9.87. The Morgan fingerprint density at radius 1 is 1.00 bits per heavy atom. The van der Waals surface area contributed by atoms with E-state index in [4.69, 9.17) is 4.74 Å². The van der Waals surface area contributed by atoms with Crippen LogP contribution in [0.2, 0.25) is 0 Å². The van der Waals surface area contributed by atoms with Gasteiger partial charge in [0, 0.05) is 24.4 Å². The zero-order valence-electron chi connectivity index (χ0n) is 15.5. The molecule has 25 heavy (non-hydrogen) atoms. The van der Waals surface area contributed by atoms with Gasteiger partial charge in [-0.05, 0) is 63.0 Å². The summed E-state index contributed by atoms with van der Waals surface area (Å²) < 4.78 is 5.99. The smallest absolute Gasteiger partial charge is 0.248 e. The molecule has 3 aliphatic rings. The number of nitrogens with zero attached hydrogens (tertiary/aromatic N) is 1. The molecule has 0 radical (unpaired) electrons. The van der Waals surface area contributed by atoms with E-state index in [1.54, 1.807) is 0 Å². The van der Waals surface area contributed by atoms with Crippen molar-refractivity contribution < 1.29 is 14.6 Å². The van der Waals surface area contributed by atoms with Gasteiger partial charge in [-0.1, -0.05) is 19.3 Å². The number of rotatable bonds is 7. The quantitative estimate of drug-likeness (QED) is 0.745. The molecule has 1 amide bonds. The Labute approximate surface area is 157 Å². The highest BCUT2D eigenvalue weighted by molar-refractivity contribution is 8.00. The van der Waals surface area contributed by atoms with E-state index in [-0.39, 0.29) is 18.6 Å². The standard InChI is InChI=1S/C20H35NO3S/c22-14-16-8-10-18(11-9-16)24-15-20(23)21(13-19-7-4-12-25-19)17-5-2-1-3-6-17/h16-19,22H,1-15H2. The minimum atomic E-state index is 0.209. The van der Waals surface area contributed by atoms with Crippen molar-refractivity contribution >= 4 is 17.7 Å². The monoisotopic (exact) mass is 369 g/mol. The third-order valence-corrected chi connectivity index (χ3v) is 7.64. The second-order valence-corrected chi connectivity index (χ2v) is 9.52. The summed E-state index contributed by atoms with van der Waals surface area (Å²) in [6.07, 6.45) is 13.0. The molecule has 1 saturated heterocycles. The summed E-state index contributed by atoms with van der Waals surface area (Å²) in [4.78, 5) is 15.1. The van der Waals surface area contributed by atoms with Gasteiger partial charge < -0.3 is 14.7 Å². The van der Waals surface area contributed by atoms with E-state index in [1.807, 2.05) is 11.8 Å². The van der Waals surface area contributed by atoms with Crippen molar-refractivity contribution in [3.05, 3.63) is 0 Å². The normalized spacial score (nSPS) is 31.2. The van der Waals surface area contributed by atoms with Crippen molar-refractivity contribution in [1.29, 1.82) is 0 Å². The van der Waals surface area contributed by atoms with Crippen molar-refractivity contribution in [2.75, 3.05) is 25.5 Å². The van der Waals surface area contributed by atoms with Crippen LogP contribution in [0.5, 0.6) is 0 Å². The number of carbonyl (C=O) groups excluding carboxylic acids is 1. The molecule has 4 nitrogen and oxygen atoms in total. The fraction of sp³-hybridized carbons (Fsp3) is 0.950. The van der Waals surface area contributed by atoms with Crippen LogP contribution in [0, 0.1) is 5.92 Å². The first-order chi connectivity index (χ1) is 12.3. The molecule has 2 aliphatic carbocycles. The van der Waals surface area contributed by atoms with Gasteiger partial charge in [0.15, 0.2) is 0 Å². The van der Waals surface area contributed by atoms with Gasteiger partial charge >= 0.3 is 0 Å². The van der Waals surface area contributed by atoms with Crippen LogP contribution in [-0.2, 0) is 9.53 Å². The molecular formula is C20H35NO3S. The molecule has 0 spiro atoms. The number of hydrogen-bond donors (Lipinski definition) is 1. The van der Waals surface area contributed by atoms with E-state index in [0.29, 0.717) is 23.8 Å². The molecule has 1 atom stereocenters. The van der Waals surface area contributed by atoms with E-state index in [0.717, 1.165) is 32.2 Å². The molecule has 0 aromatic rings. The van der Waals surface area contributed by atoms with Crippen LogP contribution in [0.1, 0.15) is 70.6 Å². The highest BCUT2D eigenvalue weighted by Gasteiger charge is 2.30. The van der Waals surface area contributed by atoms with Crippen LogP contribution in [0.3, 0.4) is 0 Å². The maximum absolute atomic E-state index is 12.9. The summed E-state index contributed by atoms with van der Waals surface area (Å²) in [5.74, 6) is 1.90. The van der Waals surface area contributed by atoms with Crippen LogP contribution in [0.25, 0.3) is 0 Å². The highest BCUT2D eigenvalue weighted by Crippen LogP contribution is 2.30. The zero-order valence-corrected chi connectivity index (χ0v) is 16.4. The first-order valence-corrected chi connectivity index (χ1v) is 11.4. The Bertz CT molecular complexity index is 400. The summed E-state index contributed by atoms with van der Waals surface area (Å²) in [6, 6.07) is 0.441. The maximum atomic E-state index is 12.9. The van der Waals surface area contributed by atoms with E-state index in [1.165, 1.54) is 50.7 Å². The third-order valence-electron chi connectivity index (χ3n) is 6.25. The number of aliphatic hydroxyl groups is 1. The van der Waals surface area contributed by atoms with E-state index in [2.05, 4.69) is 4.90 Å².